The minimum atomic E-state index is 0.159. The summed E-state index contributed by atoms with van der Waals surface area (Å²) in [6.45, 7) is 3.79. The van der Waals surface area contributed by atoms with E-state index in [-0.39, 0.29) is 5.54 Å². The summed E-state index contributed by atoms with van der Waals surface area (Å²) in [5.74, 6) is 1.17. The minimum Gasteiger partial charge on any atom is -0.381 e. The monoisotopic (exact) mass is 264 g/mol. The maximum Gasteiger partial charge on any atom is 0.122 e. The Morgan fingerprint density at radius 3 is 2.89 bits per heavy atom. The fourth-order valence-corrected chi connectivity index (χ4v) is 3.59. The standard InChI is InChI=1S/C14H24N4O/c1-19-12-2-4-14(11-15,5-3-12)18-9-8-17-7-6-16-13(17)10-18/h6-7,12H,2-5,8-11,15H2,1H3. The molecule has 0 atom stereocenters. The van der Waals surface area contributed by atoms with Crippen LogP contribution in [0.1, 0.15) is 31.5 Å². The number of ether oxygens (including phenoxy) is 1. The molecular weight excluding hydrogens is 240 g/mol. The molecule has 1 aromatic rings. The Morgan fingerprint density at radius 2 is 2.21 bits per heavy atom. The molecule has 0 saturated heterocycles. The summed E-state index contributed by atoms with van der Waals surface area (Å²) in [7, 11) is 1.82. The lowest BCUT2D eigenvalue weighted by Gasteiger charge is -2.48. The Morgan fingerprint density at radius 1 is 1.42 bits per heavy atom. The van der Waals surface area contributed by atoms with Crippen LogP contribution in [0.2, 0.25) is 0 Å². The summed E-state index contributed by atoms with van der Waals surface area (Å²) in [6.07, 6.45) is 8.92. The first-order valence-electron chi connectivity index (χ1n) is 7.25. The van der Waals surface area contributed by atoms with Crippen LogP contribution in [-0.2, 0) is 17.8 Å². The van der Waals surface area contributed by atoms with Crippen molar-refractivity contribution in [3.8, 4) is 0 Å². The predicted octanol–water partition coefficient (Wildman–Crippen LogP) is 0.985. The SMILES string of the molecule is COC1CCC(CN)(N2CCn3ccnc3C2)CC1. The molecule has 1 fully saturated rings. The lowest BCUT2D eigenvalue weighted by molar-refractivity contribution is -0.0187. The molecule has 1 aliphatic heterocycles. The van der Waals surface area contributed by atoms with Crippen LogP contribution in [-0.4, -0.2) is 46.3 Å². The molecule has 3 rings (SSSR count). The smallest absolute Gasteiger partial charge is 0.122 e. The highest BCUT2D eigenvalue weighted by Gasteiger charge is 2.40. The first-order chi connectivity index (χ1) is 9.27. The molecule has 0 bridgehead atoms. The number of aromatic nitrogens is 2. The Kier molecular flexibility index (Phi) is 3.60. The molecule has 1 saturated carbocycles. The van der Waals surface area contributed by atoms with Gasteiger partial charge in [0, 0.05) is 44.7 Å². The summed E-state index contributed by atoms with van der Waals surface area (Å²) in [5.41, 5.74) is 6.30. The van der Waals surface area contributed by atoms with Gasteiger partial charge in [-0.3, -0.25) is 4.90 Å². The third kappa shape index (κ3) is 2.30. The van der Waals surface area contributed by atoms with Gasteiger partial charge >= 0.3 is 0 Å². The summed E-state index contributed by atoms with van der Waals surface area (Å²) in [4.78, 5) is 7.01. The van der Waals surface area contributed by atoms with E-state index in [0.717, 1.165) is 51.9 Å². The van der Waals surface area contributed by atoms with Gasteiger partial charge < -0.3 is 15.0 Å². The van der Waals surface area contributed by atoms with Gasteiger partial charge in [0.05, 0.1) is 12.6 Å². The van der Waals surface area contributed by atoms with Crippen molar-refractivity contribution in [1.82, 2.24) is 14.5 Å². The average Bonchev–Trinajstić information content (AvgIpc) is 2.94. The molecule has 0 unspecified atom stereocenters. The zero-order chi connectivity index (χ0) is 13.3. The molecule has 0 amide bonds. The van der Waals surface area contributed by atoms with Crippen molar-refractivity contribution in [1.29, 1.82) is 0 Å². The van der Waals surface area contributed by atoms with E-state index in [1.54, 1.807) is 0 Å². The van der Waals surface area contributed by atoms with Crippen LogP contribution in [0, 0.1) is 0 Å². The van der Waals surface area contributed by atoms with Gasteiger partial charge in [0.2, 0.25) is 0 Å². The van der Waals surface area contributed by atoms with Gasteiger partial charge in [-0.15, -0.1) is 0 Å². The summed E-state index contributed by atoms with van der Waals surface area (Å²) in [6, 6.07) is 0. The molecule has 0 radical (unpaired) electrons. The summed E-state index contributed by atoms with van der Waals surface area (Å²) < 4.78 is 7.74. The highest BCUT2D eigenvalue weighted by molar-refractivity contribution is 5.03. The second-order valence-electron chi connectivity index (χ2n) is 5.82. The summed E-state index contributed by atoms with van der Waals surface area (Å²) in [5, 5.41) is 0. The van der Waals surface area contributed by atoms with E-state index in [1.807, 2.05) is 13.3 Å². The van der Waals surface area contributed by atoms with Crippen LogP contribution in [0.4, 0.5) is 0 Å². The number of hydrogen-bond acceptors (Lipinski definition) is 4. The van der Waals surface area contributed by atoms with Crippen molar-refractivity contribution < 1.29 is 4.74 Å². The Hall–Kier alpha value is -0.910. The molecule has 1 aromatic heterocycles. The lowest BCUT2D eigenvalue weighted by atomic mass is 9.78. The topological polar surface area (TPSA) is 56.3 Å². The number of fused-ring (bicyclic) bond motifs is 1. The van der Waals surface area contributed by atoms with Gasteiger partial charge in [-0.05, 0) is 25.7 Å². The molecule has 1 aliphatic carbocycles. The van der Waals surface area contributed by atoms with Crippen molar-refractivity contribution in [2.24, 2.45) is 5.73 Å². The van der Waals surface area contributed by atoms with Crippen molar-refractivity contribution in [3.63, 3.8) is 0 Å². The fraction of sp³-hybridized carbons (Fsp3) is 0.786. The second-order valence-corrected chi connectivity index (χ2v) is 5.82. The predicted molar refractivity (Wildman–Crippen MR) is 73.7 cm³/mol. The quantitative estimate of drug-likeness (QED) is 0.884. The third-order valence-electron chi connectivity index (χ3n) is 4.99. The van der Waals surface area contributed by atoms with Gasteiger partial charge in [0.15, 0.2) is 0 Å². The molecule has 0 spiro atoms. The highest BCUT2D eigenvalue weighted by atomic mass is 16.5. The number of nitrogens with two attached hydrogens (primary N) is 1. The van der Waals surface area contributed by atoms with Gasteiger partial charge in [-0.2, -0.15) is 0 Å². The molecule has 2 N–H and O–H groups in total. The number of hydrogen-bond donors (Lipinski definition) is 1. The molecule has 106 valence electrons. The zero-order valence-electron chi connectivity index (χ0n) is 11.7. The average molecular weight is 264 g/mol. The highest BCUT2D eigenvalue weighted by Crippen LogP contribution is 2.35. The third-order valence-corrected chi connectivity index (χ3v) is 4.99. The minimum absolute atomic E-state index is 0.159. The molecule has 5 nitrogen and oxygen atoms in total. The van der Waals surface area contributed by atoms with Crippen LogP contribution in [0.15, 0.2) is 12.4 Å². The Bertz CT molecular complexity index is 423. The Labute approximate surface area is 114 Å². The fourth-order valence-electron chi connectivity index (χ4n) is 3.59. The second kappa shape index (κ2) is 5.23. The normalized spacial score (nSPS) is 32.2. The number of nitrogens with zero attached hydrogens (tertiary/aromatic N) is 3. The molecular formula is C14H24N4O. The van der Waals surface area contributed by atoms with Crippen LogP contribution in [0.5, 0.6) is 0 Å². The summed E-state index contributed by atoms with van der Waals surface area (Å²) >= 11 is 0. The van der Waals surface area contributed by atoms with E-state index in [4.69, 9.17) is 10.5 Å². The van der Waals surface area contributed by atoms with Gasteiger partial charge in [-0.1, -0.05) is 0 Å². The zero-order valence-corrected chi connectivity index (χ0v) is 11.7. The van der Waals surface area contributed by atoms with E-state index in [2.05, 4.69) is 20.6 Å². The van der Waals surface area contributed by atoms with Crippen LogP contribution < -0.4 is 5.73 Å². The molecule has 0 aromatic carbocycles. The van der Waals surface area contributed by atoms with E-state index in [9.17, 15) is 0 Å². The first kappa shape index (κ1) is 13.1. The molecule has 5 heteroatoms. The van der Waals surface area contributed by atoms with Gasteiger partial charge in [0.1, 0.15) is 5.82 Å². The van der Waals surface area contributed by atoms with Crippen LogP contribution >= 0.6 is 0 Å². The lowest BCUT2D eigenvalue weighted by Crippen LogP contribution is -2.58. The largest absolute Gasteiger partial charge is 0.381 e. The number of imidazole rings is 1. The molecule has 2 aliphatic rings. The maximum atomic E-state index is 6.14. The molecule has 2 heterocycles. The van der Waals surface area contributed by atoms with E-state index in [0.29, 0.717) is 6.10 Å². The van der Waals surface area contributed by atoms with Crippen molar-refractivity contribution in [2.45, 2.75) is 50.4 Å². The van der Waals surface area contributed by atoms with E-state index in [1.165, 1.54) is 5.82 Å². The van der Waals surface area contributed by atoms with Gasteiger partial charge in [0.25, 0.3) is 0 Å². The van der Waals surface area contributed by atoms with E-state index >= 15 is 0 Å². The number of methoxy groups -OCH3 is 1. The number of rotatable bonds is 3. The van der Waals surface area contributed by atoms with Crippen molar-refractivity contribution in [3.05, 3.63) is 18.2 Å². The van der Waals surface area contributed by atoms with Crippen molar-refractivity contribution >= 4 is 0 Å². The first-order valence-corrected chi connectivity index (χ1v) is 7.25. The van der Waals surface area contributed by atoms with Crippen LogP contribution in [0.3, 0.4) is 0 Å². The Balaban J connectivity index is 1.73. The van der Waals surface area contributed by atoms with Crippen molar-refractivity contribution in [2.75, 3.05) is 20.2 Å². The van der Waals surface area contributed by atoms with E-state index < -0.39 is 0 Å². The maximum absolute atomic E-state index is 6.14. The van der Waals surface area contributed by atoms with Crippen LogP contribution in [0.25, 0.3) is 0 Å². The molecule has 19 heavy (non-hydrogen) atoms. The van der Waals surface area contributed by atoms with Gasteiger partial charge in [-0.25, -0.2) is 4.98 Å².